The van der Waals surface area contributed by atoms with E-state index in [-0.39, 0.29) is 5.78 Å². The highest BCUT2D eigenvalue weighted by Gasteiger charge is 2.03. The van der Waals surface area contributed by atoms with Crippen molar-refractivity contribution in [2.75, 3.05) is 0 Å². The van der Waals surface area contributed by atoms with Crippen LogP contribution in [-0.2, 0) is 0 Å². The van der Waals surface area contributed by atoms with Crippen LogP contribution in [0.2, 0.25) is 0 Å². The molecule has 0 heterocycles. The van der Waals surface area contributed by atoms with E-state index in [1.807, 2.05) is 24.3 Å². The van der Waals surface area contributed by atoms with Gasteiger partial charge in [0.05, 0.1) is 0 Å². The fraction of sp³-hybridized carbons (Fsp3) is 0.357. The summed E-state index contributed by atoms with van der Waals surface area (Å²) in [5.74, 6) is 6.02. The van der Waals surface area contributed by atoms with Crippen LogP contribution in [0.1, 0.15) is 49.0 Å². The molecule has 0 atom stereocenters. The molecule has 0 aromatic heterocycles. The third-order valence-electron chi connectivity index (χ3n) is 2.23. The Hall–Kier alpha value is -1.55. The van der Waals surface area contributed by atoms with Crippen molar-refractivity contribution in [3.05, 3.63) is 35.4 Å². The molecule has 0 aliphatic rings. The minimum Gasteiger partial charge on any atom is -0.294 e. The van der Waals surface area contributed by atoms with Crippen LogP contribution >= 0.6 is 0 Å². The van der Waals surface area contributed by atoms with E-state index in [1.165, 1.54) is 0 Å². The molecule has 1 nitrogen and oxygen atoms in total. The summed E-state index contributed by atoms with van der Waals surface area (Å²) in [7, 11) is 0. The fourth-order valence-corrected chi connectivity index (χ4v) is 1.37. The lowest BCUT2D eigenvalue weighted by Gasteiger charge is -1.99. The summed E-state index contributed by atoms with van der Waals surface area (Å²) in [5.41, 5.74) is 1.76. The zero-order valence-electron chi connectivity index (χ0n) is 9.34. The molecule has 0 aliphatic carbocycles. The lowest BCUT2D eigenvalue weighted by atomic mass is 10.0. The second-order valence-electron chi connectivity index (χ2n) is 3.48. The lowest BCUT2D eigenvalue weighted by molar-refractivity contribution is 0.0980. The van der Waals surface area contributed by atoms with Gasteiger partial charge in [-0.1, -0.05) is 31.4 Å². The van der Waals surface area contributed by atoms with Crippen molar-refractivity contribution >= 4 is 5.78 Å². The molecular formula is C14H16O. The van der Waals surface area contributed by atoms with Crippen molar-refractivity contribution < 1.29 is 4.79 Å². The van der Waals surface area contributed by atoms with E-state index in [2.05, 4.69) is 18.8 Å². The summed E-state index contributed by atoms with van der Waals surface area (Å²) in [6, 6.07) is 7.51. The van der Waals surface area contributed by atoms with Gasteiger partial charge in [0.15, 0.2) is 5.78 Å². The fourth-order valence-electron chi connectivity index (χ4n) is 1.37. The second-order valence-corrected chi connectivity index (χ2v) is 3.48. The Morgan fingerprint density at radius 1 is 1.27 bits per heavy atom. The highest BCUT2D eigenvalue weighted by atomic mass is 16.1. The number of ketones is 1. The monoisotopic (exact) mass is 200 g/mol. The largest absolute Gasteiger partial charge is 0.294 e. The summed E-state index contributed by atoms with van der Waals surface area (Å²) in [5, 5.41) is 0. The first-order valence-electron chi connectivity index (χ1n) is 5.34. The molecule has 0 N–H and O–H groups in total. The van der Waals surface area contributed by atoms with Gasteiger partial charge < -0.3 is 0 Å². The van der Waals surface area contributed by atoms with Crippen molar-refractivity contribution in [1.82, 2.24) is 0 Å². The first-order valence-corrected chi connectivity index (χ1v) is 5.34. The smallest absolute Gasteiger partial charge is 0.162 e. The molecular weight excluding hydrogens is 184 g/mol. The number of hydrogen-bond acceptors (Lipinski definition) is 1. The van der Waals surface area contributed by atoms with Crippen molar-refractivity contribution in [3.63, 3.8) is 0 Å². The van der Waals surface area contributed by atoms with Gasteiger partial charge in [-0.3, -0.25) is 4.79 Å². The van der Waals surface area contributed by atoms with Gasteiger partial charge >= 0.3 is 0 Å². The number of rotatable bonds is 4. The molecule has 0 radical (unpaired) electrons. The van der Waals surface area contributed by atoms with E-state index in [0.717, 1.165) is 24.0 Å². The van der Waals surface area contributed by atoms with E-state index in [0.29, 0.717) is 6.42 Å². The maximum atomic E-state index is 11.6. The maximum absolute atomic E-state index is 11.6. The SMILES string of the molecule is CC#Cc1ccc(C(=O)CCCC)cc1. The molecule has 0 bridgehead atoms. The van der Waals surface area contributed by atoms with Gasteiger partial charge in [-0.15, -0.1) is 5.92 Å². The number of carbonyl (C=O) groups excluding carboxylic acids is 1. The summed E-state index contributed by atoms with van der Waals surface area (Å²) in [6.07, 6.45) is 2.68. The number of Topliss-reactive ketones (excluding diaryl/α,β-unsaturated/α-hetero) is 1. The molecule has 1 heteroatoms. The molecule has 0 saturated carbocycles. The normalized spacial score (nSPS) is 9.20. The summed E-state index contributed by atoms with van der Waals surface area (Å²) < 4.78 is 0. The van der Waals surface area contributed by atoms with Gasteiger partial charge in [0.2, 0.25) is 0 Å². The molecule has 0 fully saturated rings. The van der Waals surface area contributed by atoms with Gasteiger partial charge in [-0.05, 0) is 25.5 Å². The highest BCUT2D eigenvalue weighted by Crippen LogP contribution is 2.08. The number of carbonyl (C=O) groups is 1. The minimum atomic E-state index is 0.229. The van der Waals surface area contributed by atoms with Crippen molar-refractivity contribution in [2.24, 2.45) is 0 Å². The molecule has 0 amide bonds. The zero-order valence-corrected chi connectivity index (χ0v) is 9.34. The summed E-state index contributed by atoms with van der Waals surface area (Å²) >= 11 is 0. The number of unbranched alkanes of at least 4 members (excludes halogenated alkanes) is 1. The number of benzene rings is 1. The molecule has 15 heavy (non-hydrogen) atoms. The Balaban J connectivity index is 2.69. The predicted molar refractivity (Wildman–Crippen MR) is 62.8 cm³/mol. The molecule has 1 rings (SSSR count). The van der Waals surface area contributed by atoms with E-state index < -0.39 is 0 Å². The Kier molecular flexibility index (Phi) is 4.63. The topological polar surface area (TPSA) is 17.1 Å². The van der Waals surface area contributed by atoms with Crippen LogP contribution in [0.15, 0.2) is 24.3 Å². The molecule has 0 unspecified atom stereocenters. The van der Waals surface area contributed by atoms with Crippen LogP contribution in [0.25, 0.3) is 0 Å². The first-order chi connectivity index (χ1) is 7.27. The van der Waals surface area contributed by atoms with E-state index in [1.54, 1.807) is 6.92 Å². The Bertz CT molecular complexity index is 376. The van der Waals surface area contributed by atoms with E-state index in [4.69, 9.17) is 0 Å². The molecule has 0 saturated heterocycles. The van der Waals surface area contributed by atoms with E-state index in [9.17, 15) is 4.79 Å². The van der Waals surface area contributed by atoms with Gasteiger partial charge in [0.25, 0.3) is 0 Å². The van der Waals surface area contributed by atoms with Crippen LogP contribution < -0.4 is 0 Å². The molecule has 1 aromatic carbocycles. The number of hydrogen-bond donors (Lipinski definition) is 0. The summed E-state index contributed by atoms with van der Waals surface area (Å²) in [4.78, 5) is 11.6. The minimum absolute atomic E-state index is 0.229. The van der Waals surface area contributed by atoms with Crippen LogP contribution in [0, 0.1) is 11.8 Å². The highest BCUT2D eigenvalue weighted by molar-refractivity contribution is 5.96. The standard InChI is InChI=1S/C14H16O/c1-3-5-7-14(15)13-10-8-12(6-4-2)9-11-13/h8-11H,3,5,7H2,1-2H3. The molecule has 0 aliphatic heterocycles. The van der Waals surface area contributed by atoms with Crippen LogP contribution in [0.5, 0.6) is 0 Å². The van der Waals surface area contributed by atoms with Gasteiger partial charge in [-0.25, -0.2) is 0 Å². The maximum Gasteiger partial charge on any atom is 0.162 e. The van der Waals surface area contributed by atoms with Gasteiger partial charge in [-0.2, -0.15) is 0 Å². The third-order valence-corrected chi connectivity index (χ3v) is 2.23. The van der Waals surface area contributed by atoms with E-state index >= 15 is 0 Å². The van der Waals surface area contributed by atoms with Crippen molar-refractivity contribution in [2.45, 2.75) is 33.1 Å². The van der Waals surface area contributed by atoms with Crippen LogP contribution in [0.3, 0.4) is 0 Å². The van der Waals surface area contributed by atoms with Gasteiger partial charge in [0, 0.05) is 17.5 Å². The van der Waals surface area contributed by atoms with Crippen molar-refractivity contribution in [3.8, 4) is 11.8 Å². The van der Waals surface area contributed by atoms with Gasteiger partial charge in [0.1, 0.15) is 0 Å². The summed E-state index contributed by atoms with van der Waals surface area (Å²) in [6.45, 7) is 3.90. The quantitative estimate of drug-likeness (QED) is 0.537. The Morgan fingerprint density at radius 2 is 1.93 bits per heavy atom. The molecule has 78 valence electrons. The van der Waals surface area contributed by atoms with Crippen molar-refractivity contribution in [1.29, 1.82) is 0 Å². The van der Waals surface area contributed by atoms with Crippen LogP contribution in [-0.4, -0.2) is 5.78 Å². The average molecular weight is 200 g/mol. The Labute approximate surface area is 91.5 Å². The average Bonchev–Trinajstić information content (AvgIpc) is 2.27. The lowest BCUT2D eigenvalue weighted by Crippen LogP contribution is -1.98. The Morgan fingerprint density at radius 3 is 2.47 bits per heavy atom. The predicted octanol–water partition coefficient (Wildman–Crippen LogP) is 3.43. The zero-order chi connectivity index (χ0) is 11.1. The first kappa shape index (κ1) is 11.5. The molecule has 0 spiro atoms. The second kappa shape index (κ2) is 6.03. The van der Waals surface area contributed by atoms with Crippen LogP contribution in [0.4, 0.5) is 0 Å². The third kappa shape index (κ3) is 3.59. The molecule has 1 aromatic rings.